The smallest absolute Gasteiger partial charge is 0.153 e. The van der Waals surface area contributed by atoms with Gasteiger partial charge in [0.05, 0.1) is 5.69 Å². The standard InChI is InChI=1S/C23H25N5O/c1-16-13-22(27-26-16)24-21-15-17-7-4-5-10-20(17)23(25-21)18-8-6-9-19(14-18)29-12-11-28(2)3/h4-10,13-15H,11-12H2,1-3H3,(H2,24,25,26,27). The van der Waals surface area contributed by atoms with E-state index in [4.69, 9.17) is 9.72 Å². The zero-order chi connectivity index (χ0) is 20.2. The highest BCUT2D eigenvalue weighted by Crippen LogP contribution is 2.31. The summed E-state index contributed by atoms with van der Waals surface area (Å²) in [5.41, 5.74) is 2.93. The molecule has 0 spiro atoms. The number of H-pyrrole nitrogens is 1. The van der Waals surface area contributed by atoms with Crippen LogP contribution in [0, 0.1) is 6.92 Å². The molecule has 2 aromatic heterocycles. The van der Waals surface area contributed by atoms with E-state index in [0.717, 1.165) is 51.7 Å². The van der Waals surface area contributed by atoms with Crippen molar-refractivity contribution in [1.82, 2.24) is 20.1 Å². The van der Waals surface area contributed by atoms with Gasteiger partial charge < -0.3 is 15.0 Å². The van der Waals surface area contributed by atoms with Crippen LogP contribution >= 0.6 is 0 Å². The molecule has 0 unspecified atom stereocenters. The highest BCUT2D eigenvalue weighted by molar-refractivity contribution is 5.96. The number of anilines is 2. The molecule has 0 amide bonds. The van der Waals surface area contributed by atoms with E-state index in [0.29, 0.717) is 6.61 Å². The highest BCUT2D eigenvalue weighted by Gasteiger charge is 2.10. The molecule has 4 aromatic rings. The second-order valence-electron chi connectivity index (χ2n) is 7.32. The van der Waals surface area contributed by atoms with Gasteiger partial charge in [0.25, 0.3) is 0 Å². The molecule has 0 aliphatic carbocycles. The first-order chi connectivity index (χ1) is 14.1. The molecule has 0 aliphatic heterocycles. The van der Waals surface area contributed by atoms with Gasteiger partial charge in [-0.2, -0.15) is 5.10 Å². The summed E-state index contributed by atoms with van der Waals surface area (Å²) in [4.78, 5) is 7.00. The maximum absolute atomic E-state index is 5.92. The zero-order valence-electron chi connectivity index (χ0n) is 16.9. The highest BCUT2D eigenvalue weighted by atomic mass is 16.5. The van der Waals surface area contributed by atoms with Crippen molar-refractivity contribution in [2.24, 2.45) is 0 Å². The van der Waals surface area contributed by atoms with E-state index < -0.39 is 0 Å². The first kappa shape index (κ1) is 19.0. The summed E-state index contributed by atoms with van der Waals surface area (Å²) in [7, 11) is 4.07. The Morgan fingerprint density at radius 2 is 1.86 bits per heavy atom. The van der Waals surface area contributed by atoms with Crippen molar-refractivity contribution in [3.05, 3.63) is 66.4 Å². The van der Waals surface area contributed by atoms with E-state index in [-0.39, 0.29) is 0 Å². The van der Waals surface area contributed by atoms with Crippen LogP contribution < -0.4 is 10.1 Å². The molecule has 29 heavy (non-hydrogen) atoms. The van der Waals surface area contributed by atoms with Gasteiger partial charge in [0.15, 0.2) is 5.82 Å². The second-order valence-corrected chi connectivity index (χ2v) is 7.32. The van der Waals surface area contributed by atoms with Crippen molar-refractivity contribution in [3.8, 4) is 17.0 Å². The first-order valence-electron chi connectivity index (χ1n) is 9.65. The average molecular weight is 387 g/mol. The topological polar surface area (TPSA) is 66.1 Å². The van der Waals surface area contributed by atoms with Crippen LogP contribution in [0.25, 0.3) is 22.0 Å². The minimum Gasteiger partial charge on any atom is -0.492 e. The maximum Gasteiger partial charge on any atom is 0.153 e. The second kappa shape index (κ2) is 8.32. The first-order valence-corrected chi connectivity index (χ1v) is 9.65. The molecular formula is C23H25N5O. The molecule has 6 heteroatoms. The van der Waals surface area contributed by atoms with E-state index in [1.54, 1.807) is 0 Å². The van der Waals surface area contributed by atoms with Gasteiger partial charge >= 0.3 is 0 Å². The molecule has 0 bridgehead atoms. The third-order valence-electron chi connectivity index (χ3n) is 4.62. The van der Waals surface area contributed by atoms with Gasteiger partial charge in [-0.1, -0.05) is 36.4 Å². The van der Waals surface area contributed by atoms with Crippen molar-refractivity contribution in [1.29, 1.82) is 0 Å². The Bertz CT molecular complexity index is 1120. The van der Waals surface area contributed by atoms with Gasteiger partial charge in [-0.3, -0.25) is 5.10 Å². The number of likely N-dealkylation sites (N-methyl/N-ethyl adjacent to an activating group) is 1. The summed E-state index contributed by atoms with van der Waals surface area (Å²) in [5, 5.41) is 12.7. The fraction of sp³-hybridized carbons (Fsp3) is 0.217. The van der Waals surface area contributed by atoms with E-state index >= 15 is 0 Å². The Hall–Kier alpha value is -3.38. The number of aromatic amines is 1. The summed E-state index contributed by atoms with van der Waals surface area (Å²) in [6.45, 7) is 3.48. The summed E-state index contributed by atoms with van der Waals surface area (Å²) >= 11 is 0. The van der Waals surface area contributed by atoms with Crippen molar-refractivity contribution in [2.75, 3.05) is 32.6 Å². The van der Waals surface area contributed by atoms with Gasteiger partial charge in [0, 0.05) is 29.3 Å². The van der Waals surface area contributed by atoms with Crippen LogP contribution in [0.5, 0.6) is 5.75 Å². The predicted octanol–water partition coefficient (Wildman–Crippen LogP) is 4.62. The van der Waals surface area contributed by atoms with Crippen LogP contribution in [-0.4, -0.2) is 47.3 Å². The monoisotopic (exact) mass is 387 g/mol. The Labute approximate surface area is 170 Å². The van der Waals surface area contributed by atoms with Gasteiger partial charge in [0.1, 0.15) is 18.2 Å². The van der Waals surface area contributed by atoms with E-state index in [1.807, 2.05) is 63.5 Å². The lowest BCUT2D eigenvalue weighted by atomic mass is 10.0. The Morgan fingerprint density at radius 1 is 1.00 bits per heavy atom. The lowest BCUT2D eigenvalue weighted by molar-refractivity contribution is 0.261. The number of fused-ring (bicyclic) bond motifs is 1. The number of hydrogen-bond acceptors (Lipinski definition) is 5. The molecule has 2 N–H and O–H groups in total. The van der Waals surface area contributed by atoms with Crippen LogP contribution in [0.3, 0.4) is 0 Å². The Balaban J connectivity index is 1.70. The number of ether oxygens (including phenoxy) is 1. The van der Waals surface area contributed by atoms with Gasteiger partial charge in [0.2, 0.25) is 0 Å². The number of nitrogens with one attached hydrogen (secondary N) is 2. The number of rotatable bonds is 7. The van der Waals surface area contributed by atoms with Crippen molar-refractivity contribution in [2.45, 2.75) is 6.92 Å². The third-order valence-corrected chi connectivity index (χ3v) is 4.62. The third kappa shape index (κ3) is 4.55. The lowest BCUT2D eigenvalue weighted by Gasteiger charge is -2.13. The molecular weight excluding hydrogens is 362 g/mol. The van der Waals surface area contributed by atoms with Crippen LogP contribution in [0.4, 0.5) is 11.6 Å². The van der Waals surface area contributed by atoms with Crippen LogP contribution in [0.1, 0.15) is 5.69 Å². The molecule has 148 valence electrons. The molecule has 0 fully saturated rings. The number of hydrogen-bond donors (Lipinski definition) is 2. The minimum absolute atomic E-state index is 0.644. The van der Waals surface area contributed by atoms with Crippen LogP contribution in [0.2, 0.25) is 0 Å². The Morgan fingerprint density at radius 3 is 2.66 bits per heavy atom. The van der Waals surface area contributed by atoms with Gasteiger partial charge in [-0.05, 0) is 44.6 Å². The van der Waals surface area contributed by atoms with E-state index in [2.05, 4.69) is 38.6 Å². The minimum atomic E-state index is 0.644. The van der Waals surface area contributed by atoms with Gasteiger partial charge in [-0.25, -0.2) is 4.98 Å². The fourth-order valence-electron chi connectivity index (χ4n) is 3.18. The van der Waals surface area contributed by atoms with Crippen LogP contribution in [-0.2, 0) is 0 Å². The number of benzene rings is 2. The molecule has 0 aliphatic rings. The zero-order valence-corrected chi connectivity index (χ0v) is 16.9. The van der Waals surface area contributed by atoms with Crippen molar-refractivity contribution in [3.63, 3.8) is 0 Å². The predicted molar refractivity (Wildman–Crippen MR) is 118 cm³/mol. The quantitative estimate of drug-likeness (QED) is 0.484. The molecule has 0 radical (unpaired) electrons. The number of pyridine rings is 1. The normalized spacial score (nSPS) is 11.2. The summed E-state index contributed by atoms with van der Waals surface area (Å²) in [6.07, 6.45) is 0. The molecule has 4 rings (SSSR count). The summed E-state index contributed by atoms with van der Waals surface area (Å²) in [6, 6.07) is 20.4. The molecule has 0 saturated carbocycles. The Kier molecular flexibility index (Phi) is 5.44. The molecule has 2 aromatic carbocycles. The molecule has 0 atom stereocenters. The van der Waals surface area contributed by atoms with Crippen molar-refractivity contribution >= 4 is 22.4 Å². The maximum atomic E-state index is 5.92. The fourth-order valence-corrected chi connectivity index (χ4v) is 3.18. The lowest BCUT2D eigenvalue weighted by Crippen LogP contribution is -2.19. The number of aryl methyl sites for hydroxylation is 1. The van der Waals surface area contributed by atoms with E-state index in [1.165, 1.54) is 0 Å². The van der Waals surface area contributed by atoms with Crippen molar-refractivity contribution < 1.29 is 4.74 Å². The molecule has 6 nitrogen and oxygen atoms in total. The molecule has 2 heterocycles. The van der Waals surface area contributed by atoms with E-state index in [9.17, 15) is 0 Å². The van der Waals surface area contributed by atoms with Crippen LogP contribution in [0.15, 0.2) is 60.7 Å². The number of aromatic nitrogens is 3. The summed E-state index contributed by atoms with van der Waals surface area (Å²) in [5.74, 6) is 2.35. The SMILES string of the molecule is Cc1cc(Nc2cc3ccccc3c(-c3cccc(OCCN(C)C)c3)n2)n[nH]1. The van der Waals surface area contributed by atoms with Gasteiger partial charge in [-0.15, -0.1) is 0 Å². The summed E-state index contributed by atoms with van der Waals surface area (Å²) < 4.78 is 5.92. The number of nitrogens with zero attached hydrogens (tertiary/aromatic N) is 3. The molecule has 0 saturated heterocycles. The largest absolute Gasteiger partial charge is 0.492 e. The average Bonchev–Trinajstić information content (AvgIpc) is 3.12.